The molecule has 1 saturated heterocycles. The molecule has 1 aliphatic rings. The SMILES string of the molecule is NCC1CCN(c2ccc(Cl)s2)C1. The van der Waals surface area contributed by atoms with Gasteiger partial charge in [-0.25, -0.2) is 0 Å². The van der Waals surface area contributed by atoms with E-state index >= 15 is 0 Å². The van der Waals surface area contributed by atoms with Crippen molar-refractivity contribution in [3.63, 3.8) is 0 Å². The minimum Gasteiger partial charge on any atom is -0.363 e. The van der Waals surface area contributed by atoms with Crippen LogP contribution in [0.1, 0.15) is 6.42 Å². The maximum atomic E-state index is 5.88. The van der Waals surface area contributed by atoms with Gasteiger partial charge in [0.15, 0.2) is 0 Å². The van der Waals surface area contributed by atoms with E-state index in [1.54, 1.807) is 11.3 Å². The van der Waals surface area contributed by atoms with Crippen LogP contribution >= 0.6 is 22.9 Å². The summed E-state index contributed by atoms with van der Waals surface area (Å²) in [6.07, 6.45) is 1.21. The lowest BCUT2D eigenvalue weighted by molar-refractivity contribution is 0.603. The molecule has 2 rings (SSSR count). The average molecular weight is 217 g/mol. The van der Waals surface area contributed by atoms with Crippen molar-refractivity contribution in [3.05, 3.63) is 16.5 Å². The van der Waals surface area contributed by atoms with E-state index in [1.165, 1.54) is 11.4 Å². The highest BCUT2D eigenvalue weighted by Gasteiger charge is 2.22. The molecule has 0 aliphatic carbocycles. The molecule has 0 radical (unpaired) electrons. The average Bonchev–Trinajstić information content (AvgIpc) is 2.71. The first-order valence-corrected chi connectivity index (χ1v) is 5.69. The summed E-state index contributed by atoms with van der Waals surface area (Å²) in [6, 6.07) is 4.04. The Bertz CT molecular complexity index is 287. The molecule has 1 unspecified atom stereocenters. The second-order valence-corrected chi connectivity index (χ2v) is 5.11. The zero-order valence-electron chi connectivity index (χ0n) is 7.37. The normalized spacial score (nSPS) is 22.6. The Morgan fingerprint density at radius 1 is 1.62 bits per heavy atom. The van der Waals surface area contributed by atoms with Crippen LogP contribution in [0.15, 0.2) is 12.1 Å². The summed E-state index contributed by atoms with van der Waals surface area (Å²) in [6.45, 7) is 3.02. The molecule has 1 aliphatic heterocycles. The Balaban J connectivity index is 2.03. The molecule has 1 fully saturated rings. The summed E-state index contributed by atoms with van der Waals surface area (Å²) in [7, 11) is 0. The van der Waals surface area contributed by atoms with Gasteiger partial charge in [0.2, 0.25) is 0 Å². The van der Waals surface area contributed by atoms with Crippen molar-refractivity contribution < 1.29 is 0 Å². The minimum absolute atomic E-state index is 0.667. The first-order valence-electron chi connectivity index (χ1n) is 4.50. The molecule has 0 amide bonds. The van der Waals surface area contributed by atoms with Crippen molar-refractivity contribution in [2.45, 2.75) is 6.42 Å². The van der Waals surface area contributed by atoms with Gasteiger partial charge in [-0.3, -0.25) is 0 Å². The Morgan fingerprint density at radius 3 is 3.00 bits per heavy atom. The first kappa shape index (κ1) is 9.31. The Hall–Kier alpha value is -0.250. The molecular formula is C9H13ClN2S. The fourth-order valence-electron chi connectivity index (χ4n) is 1.70. The maximum absolute atomic E-state index is 5.88. The van der Waals surface area contributed by atoms with Gasteiger partial charge in [0.05, 0.1) is 9.34 Å². The van der Waals surface area contributed by atoms with E-state index in [2.05, 4.69) is 11.0 Å². The van der Waals surface area contributed by atoms with Gasteiger partial charge in [0.1, 0.15) is 0 Å². The monoisotopic (exact) mass is 216 g/mol. The van der Waals surface area contributed by atoms with Crippen LogP contribution < -0.4 is 10.6 Å². The Labute approximate surface area is 87.3 Å². The number of anilines is 1. The Morgan fingerprint density at radius 2 is 2.46 bits per heavy atom. The van der Waals surface area contributed by atoms with Crippen LogP contribution in [0.25, 0.3) is 0 Å². The third kappa shape index (κ3) is 1.98. The van der Waals surface area contributed by atoms with E-state index in [4.69, 9.17) is 17.3 Å². The summed E-state index contributed by atoms with van der Waals surface area (Å²) in [4.78, 5) is 2.37. The zero-order valence-corrected chi connectivity index (χ0v) is 8.94. The van der Waals surface area contributed by atoms with E-state index in [-0.39, 0.29) is 0 Å². The van der Waals surface area contributed by atoms with Crippen LogP contribution in [0.5, 0.6) is 0 Å². The lowest BCUT2D eigenvalue weighted by Crippen LogP contribution is -2.21. The third-order valence-corrected chi connectivity index (χ3v) is 3.78. The molecule has 2 nitrogen and oxygen atoms in total. The van der Waals surface area contributed by atoms with Crippen molar-refractivity contribution in [2.75, 3.05) is 24.5 Å². The lowest BCUT2D eigenvalue weighted by atomic mass is 10.1. The van der Waals surface area contributed by atoms with Crippen LogP contribution in [0, 0.1) is 5.92 Å². The van der Waals surface area contributed by atoms with Gasteiger partial charge in [-0.1, -0.05) is 11.6 Å². The fraction of sp³-hybridized carbons (Fsp3) is 0.556. The smallest absolute Gasteiger partial charge is 0.0950 e. The van der Waals surface area contributed by atoms with Gasteiger partial charge in [-0.2, -0.15) is 0 Å². The van der Waals surface area contributed by atoms with E-state index in [1.807, 2.05) is 6.07 Å². The second kappa shape index (κ2) is 3.86. The number of nitrogens with two attached hydrogens (primary N) is 1. The van der Waals surface area contributed by atoms with Gasteiger partial charge in [-0.15, -0.1) is 11.3 Å². The number of thiophene rings is 1. The highest BCUT2D eigenvalue weighted by atomic mass is 35.5. The standard InChI is InChI=1S/C9H13ClN2S/c10-8-1-2-9(13-8)12-4-3-7(5-11)6-12/h1-2,7H,3-6,11H2. The fourth-order valence-corrected chi connectivity index (χ4v) is 2.77. The van der Waals surface area contributed by atoms with E-state index in [9.17, 15) is 0 Å². The summed E-state index contributed by atoms with van der Waals surface area (Å²) in [5.74, 6) is 0.667. The first-order chi connectivity index (χ1) is 6.29. The van der Waals surface area contributed by atoms with Crippen LogP contribution in [-0.4, -0.2) is 19.6 Å². The molecule has 1 aromatic rings. The summed E-state index contributed by atoms with van der Waals surface area (Å²) < 4.78 is 0.867. The summed E-state index contributed by atoms with van der Waals surface area (Å²) in [5, 5.41) is 1.28. The molecule has 1 atom stereocenters. The molecule has 2 heterocycles. The van der Waals surface area contributed by atoms with Gasteiger partial charge in [0, 0.05) is 13.1 Å². The highest BCUT2D eigenvalue weighted by molar-refractivity contribution is 7.19. The molecule has 0 spiro atoms. The van der Waals surface area contributed by atoms with Gasteiger partial charge < -0.3 is 10.6 Å². The molecular weight excluding hydrogens is 204 g/mol. The van der Waals surface area contributed by atoms with Crippen molar-refractivity contribution in [1.29, 1.82) is 0 Å². The zero-order chi connectivity index (χ0) is 9.26. The maximum Gasteiger partial charge on any atom is 0.0950 e. The number of halogens is 1. The summed E-state index contributed by atoms with van der Waals surface area (Å²) >= 11 is 7.52. The van der Waals surface area contributed by atoms with E-state index in [0.29, 0.717) is 5.92 Å². The minimum atomic E-state index is 0.667. The van der Waals surface area contributed by atoms with Crippen molar-refractivity contribution in [1.82, 2.24) is 0 Å². The number of hydrogen-bond donors (Lipinski definition) is 1. The van der Waals surface area contributed by atoms with Crippen LogP contribution in [0.2, 0.25) is 4.34 Å². The van der Waals surface area contributed by atoms with E-state index in [0.717, 1.165) is 24.0 Å². The molecule has 13 heavy (non-hydrogen) atoms. The highest BCUT2D eigenvalue weighted by Crippen LogP contribution is 2.32. The molecule has 0 saturated carbocycles. The third-order valence-electron chi connectivity index (χ3n) is 2.49. The van der Waals surface area contributed by atoms with E-state index < -0.39 is 0 Å². The molecule has 0 aromatic carbocycles. The number of hydrogen-bond acceptors (Lipinski definition) is 3. The molecule has 4 heteroatoms. The molecule has 0 bridgehead atoms. The van der Waals surface area contributed by atoms with Crippen LogP contribution in [0.4, 0.5) is 5.00 Å². The van der Waals surface area contributed by atoms with Crippen LogP contribution in [-0.2, 0) is 0 Å². The molecule has 72 valence electrons. The topological polar surface area (TPSA) is 29.3 Å². The number of rotatable bonds is 2. The number of nitrogens with zero attached hydrogens (tertiary/aromatic N) is 1. The van der Waals surface area contributed by atoms with Gasteiger partial charge >= 0.3 is 0 Å². The van der Waals surface area contributed by atoms with Crippen molar-refractivity contribution in [3.8, 4) is 0 Å². The van der Waals surface area contributed by atoms with Crippen LogP contribution in [0.3, 0.4) is 0 Å². The quantitative estimate of drug-likeness (QED) is 0.821. The van der Waals surface area contributed by atoms with Gasteiger partial charge in [-0.05, 0) is 31.0 Å². The summed E-state index contributed by atoms with van der Waals surface area (Å²) in [5.41, 5.74) is 5.63. The Kier molecular flexibility index (Phi) is 2.77. The second-order valence-electron chi connectivity index (χ2n) is 3.41. The lowest BCUT2D eigenvalue weighted by Gasteiger charge is -2.15. The predicted molar refractivity (Wildman–Crippen MR) is 58.7 cm³/mol. The molecule has 1 aromatic heterocycles. The van der Waals surface area contributed by atoms with Gasteiger partial charge in [0.25, 0.3) is 0 Å². The van der Waals surface area contributed by atoms with Crippen molar-refractivity contribution in [2.24, 2.45) is 11.7 Å². The van der Waals surface area contributed by atoms with Crippen molar-refractivity contribution >= 4 is 27.9 Å². The largest absolute Gasteiger partial charge is 0.363 e. The molecule has 2 N–H and O–H groups in total. The predicted octanol–water partition coefficient (Wildman–Crippen LogP) is 2.19.